The third-order valence-corrected chi connectivity index (χ3v) is 6.24. The molecule has 4 nitrogen and oxygen atoms in total. The predicted molar refractivity (Wildman–Crippen MR) is 104 cm³/mol. The fourth-order valence-electron chi connectivity index (χ4n) is 2.88. The first-order chi connectivity index (χ1) is 12.9. The van der Waals surface area contributed by atoms with E-state index >= 15 is 0 Å². The maximum absolute atomic E-state index is 13.4. The number of methoxy groups -OCH3 is 1. The van der Waals surface area contributed by atoms with E-state index in [1.54, 1.807) is 43.5 Å². The molecule has 27 heavy (non-hydrogen) atoms. The van der Waals surface area contributed by atoms with Crippen molar-refractivity contribution in [3.05, 3.63) is 90.2 Å². The summed E-state index contributed by atoms with van der Waals surface area (Å²) in [6, 6.07) is 20.5. The normalized spacial score (nSPS) is 12.4. The Bertz CT molecular complexity index is 988. The van der Waals surface area contributed by atoms with E-state index in [1.807, 2.05) is 25.1 Å². The molecule has 6 heteroatoms. The summed E-state index contributed by atoms with van der Waals surface area (Å²) in [5.41, 5.74) is 1.34. The number of ether oxygens (including phenoxy) is 1. The number of rotatable bonds is 6. The molecule has 0 aromatic heterocycles. The van der Waals surface area contributed by atoms with Crippen LogP contribution in [0.2, 0.25) is 0 Å². The lowest BCUT2D eigenvalue weighted by atomic mass is 10.1. The van der Waals surface area contributed by atoms with Crippen molar-refractivity contribution in [2.24, 2.45) is 0 Å². The monoisotopic (exact) mass is 385 g/mol. The SMILES string of the molecule is COc1ccc([C@@H](C)N(c2ccccc2)S(=O)(=O)c2ccc(F)cc2)cc1. The molecule has 0 aliphatic heterocycles. The van der Waals surface area contributed by atoms with Crippen LogP contribution in [0.15, 0.2) is 83.8 Å². The van der Waals surface area contributed by atoms with E-state index in [2.05, 4.69) is 0 Å². The molecule has 0 radical (unpaired) electrons. The van der Waals surface area contributed by atoms with Gasteiger partial charge in [-0.25, -0.2) is 12.8 Å². The van der Waals surface area contributed by atoms with Crippen molar-refractivity contribution in [2.45, 2.75) is 17.9 Å². The number of nitrogens with zero attached hydrogens (tertiary/aromatic N) is 1. The van der Waals surface area contributed by atoms with Crippen LogP contribution in [0.3, 0.4) is 0 Å². The molecule has 0 heterocycles. The van der Waals surface area contributed by atoms with E-state index in [-0.39, 0.29) is 4.90 Å². The van der Waals surface area contributed by atoms with Crippen molar-refractivity contribution in [1.29, 1.82) is 0 Å². The number of anilines is 1. The van der Waals surface area contributed by atoms with Gasteiger partial charge < -0.3 is 4.74 Å². The summed E-state index contributed by atoms with van der Waals surface area (Å²) in [5.74, 6) is 0.210. The summed E-state index contributed by atoms with van der Waals surface area (Å²) in [7, 11) is -2.32. The predicted octanol–water partition coefficient (Wildman–Crippen LogP) is 4.79. The van der Waals surface area contributed by atoms with Gasteiger partial charge in [0.25, 0.3) is 10.0 Å². The molecule has 1 atom stereocenters. The molecule has 0 N–H and O–H groups in total. The Hall–Kier alpha value is -2.86. The van der Waals surface area contributed by atoms with E-state index in [4.69, 9.17) is 4.74 Å². The van der Waals surface area contributed by atoms with E-state index in [0.717, 1.165) is 17.7 Å². The van der Waals surface area contributed by atoms with Crippen molar-refractivity contribution in [3.8, 4) is 5.75 Å². The molecule has 0 bridgehead atoms. The van der Waals surface area contributed by atoms with Gasteiger partial charge in [0.05, 0.1) is 23.7 Å². The summed E-state index contributed by atoms with van der Waals surface area (Å²) < 4.78 is 46.5. The molecule has 0 unspecified atom stereocenters. The zero-order valence-corrected chi connectivity index (χ0v) is 15.9. The Labute approximate surface area is 158 Å². The lowest BCUT2D eigenvalue weighted by Gasteiger charge is -2.31. The van der Waals surface area contributed by atoms with Gasteiger partial charge in [-0.05, 0) is 61.0 Å². The van der Waals surface area contributed by atoms with Gasteiger partial charge in [0.15, 0.2) is 0 Å². The first-order valence-electron chi connectivity index (χ1n) is 8.42. The number of benzene rings is 3. The summed E-state index contributed by atoms with van der Waals surface area (Å²) in [5, 5.41) is 0. The van der Waals surface area contributed by atoms with Gasteiger partial charge in [0, 0.05) is 0 Å². The Kier molecular flexibility index (Phi) is 5.46. The number of hydrogen-bond donors (Lipinski definition) is 0. The minimum atomic E-state index is -3.90. The third-order valence-electron chi connectivity index (χ3n) is 4.33. The second-order valence-corrected chi connectivity index (χ2v) is 7.85. The van der Waals surface area contributed by atoms with Gasteiger partial charge in [-0.2, -0.15) is 0 Å². The summed E-state index contributed by atoms with van der Waals surface area (Å²) in [6.07, 6.45) is 0. The van der Waals surface area contributed by atoms with Gasteiger partial charge in [-0.3, -0.25) is 4.31 Å². The maximum Gasteiger partial charge on any atom is 0.264 e. The Morgan fingerprint density at radius 1 is 0.889 bits per heavy atom. The minimum Gasteiger partial charge on any atom is -0.497 e. The standard InChI is InChI=1S/C21H20FNO3S/c1-16(17-8-12-20(26-2)13-9-17)23(19-6-4-3-5-7-19)27(24,25)21-14-10-18(22)11-15-21/h3-16H,1-2H3/t16-/m1/s1. The number of hydrogen-bond acceptors (Lipinski definition) is 3. The molecule has 140 valence electrons. The molecular formula is C21H20FNO3S. The van der Waals surface area contributed by atoms with Crippen LogP contribution in [0.5, 0.6) is 5.75 Å². The topological polar surface area (TPSA) is 46.6 Å². The fraction of sp³-hybridized carbons (Fsp3) is 0.143. The molecule has 0 spiro atoms. The molecular weight excluding hydrogens is 365 g/mol. The van der Waals surface area contributed by atoms with Crippen molar-refractivity contribution < 1.29 is 17.5 Å². The van der Waals surface area contributed by atoms with Crippen molar-refractivity contribution in [1.82, 2.24) is 0 Å². The second-order valence-electron chi connectivity index (χ2n) is 6.04. The van der Waals surface area contributed by atoms with Crippen molar-refractivity contribution in [3.63, 3.8) is 0 Å². The van der Waals surface area contributed by atoms with Gasteiger partial charge in [-0.15, -0.1) is 0 Å². The lowest BCUT2D eigenvalue weighted by molar-refractivity contribution is 0.414. The maximum atomic E-state index is 13.4. The number of para-hydroxylation sites is 1. The Morgan fingerprint density at radius 3 is 2.04 bits per heavy atom. The lowest BCUT2D eigenvalue weighted by Crippen LogP contribution is -2.33. The average molecular weight is 385 g/mol. The minimum absolute atomic E-state index is 0.0353. The van der Waals surface area contributed by atoms with Crippen molar-refractivity contribution >= 4 is 15.7 Å². The average Bonchev–Trinajstić information content (AvgIpc) is 2.69. The number of sulfonamides is 1. The van der Waals surface area contributed by atoms with Gasteiger partial charge in [0.1, 0.15) is 11.6 Å². The highest BCUT2D eigenvalue weighted by molar-refractivity contribution is 7.92. The van der Waals surface area contributed by atoms with Gasteiger partial charge in [-0.1, -0.05) is 30.3 Å². The van der Waals surface area contributed by atoms with Crippen LogP contribution in [0.25, 0.3) is 0 Å². The molecule has 0 aliphatic carbocycles. The smallest absolute Gasteiger partial charge is 0.264 e. The zero-order valence-electron chi connectivity index (χ0n) is 15.0. The van der Waals surface area contributed by atoms with E-state index in [0.29, 0.717) is 11.4 Å². The molecule has 3 aromatic carbocycles. The Balaban J connectivity index is 2.09. The fourth-order valence-corrected chi connectivity index (χ4v) is 4.53. The highest BCUT2D eigenvalue weighted by Gasteiger charge is 2.30. The third kappa shape index (κ3) is 3.95. The largest absolute Gasteiger partial charge is 0.497 e. The molecule has 0 fully saturated rings. The molecule has 0 saturated heterocycles. The number of halogens is 1. The molecule has 0 saturated carbocycles. The molecule has 3 aromatic rings. The van der Waals surface area contributed by atoms with Crippen LogP contribution >= 0.6 is 0 Å². The van der Waals surface area contributed by atoms with Crippen LogP contribution in [-0.2, 0) is 10.0 Å². The van der Waals surface area contributed by atoms with Crippen LogP contribution in [0, 0.1) is 5.82 Å². The Morgan fingerprint density at radius 2 is 1.48 bits per heavy atom. The summed E-state index contributed by atoms with van der Waals surface area (Å²) in [4.78, 5) is 0.0353. The highest BCUT2D eigenvalue weighted by atomic mass is 32.2. The summed E-state index contributed by atoms with van der Waals surface area (Å²) in [6.45, 7) is 1.82. The van der Waals surface area contributed by atoms with E-state index in [1.165, 1.54) is 16.4 Å². The van der Waals surface area contributed by atoms with E-state index < -0.39 is 21.9 Å². The van der Waals surface area contributed by atoms with Gasteiger partial charge in [0.2, 0.25) is 0 Å². The van der Waals surface area contributed by atoms with Crippen LogP contribution in [0.4, 0.5) is 10.1 Å². The van der Waals surface area contributed by atoms with Gasteiger partial charge >= 0.3 is 0 Å². The first kappa shape index (κ1) is 18.9. The first-order valence-corrected chi connectivity index (χ1v) is 9.86. The molecule has 3 rings (SSSR count). The zero-order chi connectivity index (χ0) is 19.4. The molecule has 0 aliphatic rings. The van der Waals surface area contributed by atoms with Crippen LogP contribution in [-0.4, -0.2) is 15.5 Å². The summed E-state index contributed by atoms with van der Waals surface area (Å²) >= 11 is 0. The van der Waals surface area contributed by atoms with E-state index in [9.17, 15) is 12.8 Å². The van der Waals surface area contributed by atoms with Crippen molar-refractivity contribution in [2.75, 3.05) is 11.4 Å². The van der Waals surface area contributed by atoms with Crippen LogP contribution in [0.1, 0.15) is 18.5 Å². The highest BCUT2D eigenvalue weighted by Crippen LogP contribution is 2.33. The quantitative estimate of drug-likeness (QED) is 0.613. The van der Waals surface area contributed by atoms with Crippen LogP contribution < -0.4 is 9.04 Å². The second kappa shape index (κ2) is 7.80. The molecule has 0 amide bonds.